The second-order valence-corrected chi connectivity index (χ2v) is 6.07. The van der Waals surface area contributed by atoms with Gasteiger partial charge in [0.15, 0.2) is 0 Å². The zero-order valence-corrected chi connectivity index (χ0v) is 14.0. The molecule has 1 saturated heterocycles. The molecule has 1 N–H and O–H groups in total. The molecule has 0 saturated carbocycles. The van der Waals surface area contributed by atoms with Gasteiger partial charge in [0.05, 0.1) is 11.6 Å². The van der Waals surface area contributed by atoms with E-state index >= 15 is 0 Å². The Morgan fingerprint density at radius 2 is 2.04 bits per heavy atom. The number of ether oxygens (including phenoxy) is 1. The number of halogens is 3. The van der Waals surface area contributed by atoms with E-state index < -0.39 is 11.7 Å². The normalized spacial score (nSPS) is 17.4. The highest BCUT2D eigenvalue weighted by molar-refractivity contribution is 5.38. The summed E-state index contributed by atoms with van der Waals surface area (Å²) in [6.07, 6.45) is 1.86. The molecule has 1 atom stereocenters. The quantitative estimate of drug-likeness (QED) is 0.885. The number of nitrogens with one attached hydrogen (secondary N) is 1. The molecule has 8 heteroatoms. The predicted octanol–water partition coefficient (Wildman–Crippen LogP) is 3.90. The van der Waals surface area contributed by atoms with Gasteiger partial charge >= 0.3 is 6.18 Å². The molecule has 25 heavy (non-hydrogen) atoms. The molecule has 0 unspecified atom stereocenters. The summed E-state index contributed by atoms with van der Waals surface area (Å²) in [4.78, 5) is 8.41. The average Bonchev–Trinajstić information content (AvgIpc) is 3.08. The minimum Gasteiger partial charge on any atom is -0.381 e. The minimum atomic E-state index is -4.38. The summed E-state index contributed by atoms with van der Waals surface area (Å²) in [6, 6.07) is 2.29. The van der Waals surface area contributed by atoms with Gasteiger partial charge in [-0.3, -0.25) is 0 Å². The first-order chi connectivity index (χ1) is 12.0. The molecule has 0 spiro atoms. The van der Waals surface area contributed by atoms with Gasteiger partial charge in [-0.25, -0.2) is 9.97 Å². The van der Waals surface area contributed by atoms with Crippen LogP contribution >= 0.6 is 0 Å². The van der Waals surface area contributed by atoms with E-state index in [0.717, 1.165) is 37.5 Å². The van der Waals surface area contributed by atoms with Crippen LogP contribution in [0.2, 0.25) is 0 Å². The molecule has 1 aliphatic heterocycles. The van der Waals surface area contributed by atoms with E-state index in [1.165, 1.54) is 6.07 Å². The van der Waals surface area contributed by atoms with Crippen LogP contribution in [0.15, 0.2) is 30.7 Å². The molecular weight excluding hydrogens is 333 g/mol. The van der Waals surface area contributed by atoms with E-state index in [2.05, 4.69) is 15.3 Å². The zero-order chi connectivity index (χ0) is 17.9. The number of aromatic nitrogens is 3. The van der Waals surface area contributed by atoms with E-state index in [4.69, 9.17) is 4.74 Å². The highest BCUT2D eigenvalue weighted by atomic mass is 19.4. The second kappa shape index (κ2) is 7.43. The van der Waals surface area contributed by atoms with E-state index in [1.54, 1.807) is 6.20 Å². The van der Waals surface area contributed by atoms with Crippen molar-refractivity contribution in [2.45, 2.75) is 38.5 Å². The lowest BCUT2D eigenvalue weighted by molar-refractivity contribution is -0.137. The van der Waals surface area contributed by atoms with E-state index in [0.29, 0.717) is 19.0 Å². The number of aryl methyl sites for hydroxylation is 1. The fourth-order valence-electron chi connectivity index (χ4n) is 3.12. The Labute approximate surface area is 144 Å². The monoisotopic (exact) mass is 354 g/mol. The number of rotatable bonds is 5. The van der Waals surface area contributed by atoms with Crippen molar-refractivity contribution < 1.29 is 17.9 Å². The second-order valence-electron chi connectivity index (χ2n) is 6.07. The summed E-state index contributed by atoms with van der Waals surface area (Å²) in [5.74, 6) is 1.57. The molecule has 1 aliphatic rings. The zero-order valence-electron chi connectivity index (χ0n) is 14.0. The van der Waals surface area contributed by atoms with Crippen molar-refractivity contribution in [1.82, 2.24) is 14.5 Å². The summed E-state index contributed by atoms with van der Waals surface area (Å²) < 4.78 is 45.6. The van der Waals surface area contributed by atoms with Crippen LogP contribution in [0.3, 0.4) is 0 Å². The van der Waals surface area contributed by atoms with Gasteiger partial charge in [-0.1, -0.05) is 0 Å². The molecule has 5 nitrogen and oxygen atoms in total. The number of hydrogen-bond donors (Lipinski definition) is 1. The van der Waals surface area contributed by atoms with Crippen molar-refractivity contribution in [1.29, 1.82) is 0 Å². The van der Waals surface area contributed by atoms with Crippen LogP contribution in [0.5, 0.6) is 0 Å². The lowest BCUT2D eigenvalue weighted by Crippen LogP contribution is -2.29. The van der Waals surface area contributed by atoms with Crippen LogP contribution in [-0.2, 0) is 17.5 Å². The molecule has 3 heterocycles. The largest absolute Gasteiger partial charge is 0.417 e. The van der Waals surface area contributed by atoms with Crippen molar-refractivity contribution in [2.75, 3.05) is 18.5 Å². The molecule has 0 aromatic carbocycles. The van der Waals surface area contributed by atoms with Gasteiger partial charge in [-0.05, 0) is 37.8 Å². The van der Waals surface area contributed by atoms with Crippen LogP contribution < -0.4 is 5.32 Å². The molecule has 136 valence electrons. The van der Waals surface area contributed by atoms with Crippen molar-refractivity contribution >= 4 is 5.82 Å². The van der Waals surface area contributed by atoms with Crippen LogP contribution in [-0.4, -0.2) is 27.7 Å². The summed E-state index contributed by atoms with van der Waals surface area (Å²) in [5, 5.41) is 3.29. The number of pyridine rings is 1. The predicted molar refractivity (Wildman–Crippen MR) is 87.0 cm³/mol. The van der Waals surface area contributed by atoms with Crippen LogP contribution in [0.25, 0.3) is 0 Å². The molecule has 0 bridgehead atoms. The van der Waals surface area contributed by atoms with E-state index in [-0.39, 0.29) is 12.0 Å². The highest BCUT2D eigenvalue weighted by Crippen LogP contribution is 2.33. The van der Waals surface area contributed by atoms with Gasteiger partial charge in [-0.2, -0.15) is 13.2 Å². The molecule has 1 fully saturated rings. The molecule has 0 radical (unpaired) electrons. The smallest absolute Gasteiger partial charge is 0.381 e. The lowest BCUT2D eigenvalue weighted by atomic mass is 9.91. The first-order valence-corrected chi connectivity index (χ1v) is 8.37. The molecule has 3 rings (SSSR count). The Kier molecular flexibility index (Phi) is 5.27. The third kappa shape index (κ3) is 4.12. The highest BCUT2D eigenvalue weighted by Gasteiger charge is 2.32. The standard InChI is InChI=1S/C17H21F3N4O/c1-2-24-8-7-21-16(24)15(12-5-9-25-10-6-12)23-14-4-3-13(11-22-14)17(18,19)20/h3-4,7-8,11-12,15H,2,5-6,9-10H2,1H3,(H,22,23)/t15-/m0/s1. The van der Waals surface area contributed by atoms with Crippen LogP contribution in [0.4, 0.5) is 19.0 Å². The Balaban J connectivity index is 1.84. The number of alkyl halides is 3. The summed E-state index contributed by atoms with van der Waals surface area (Å²) >= 11 is 0. The Hall–Kier alpha value is -2.09. The average molecular weight is 354 g/mol. The maximum atomic E-state index is 12.7. The van der Waals surface area contributed by atoms with Gasteiger partial charge < -0.3 is 14.6 Å². The van der Waals surface area contributed by atoms with Gasteiger partial charge in [0, 0.05) is 38.3 Å². The molecular formula is C17H21F3N4O. The molecule has 2 aromatic heterocycles. The number of imidazole rings is 1. The summed E-state index contributed by atoms with van der Waals surface area (Å²) in [7, 11) is 0. The van der Waals surface area contributed by atoms with Gasteiger partial charge in [0.1, 0.15) is 11.6 Å². The third-order valence-corrected chi connectivity index (χ3v) is 4.50. The topological polar surface area (TPSA) is 52.0 Å². The van der Waals surface area contributed by atoms with Gasteiger partial charge in [0.25, 0.3) is 0 Å². The first-order valence-electron chi connectivity index (χ1n) is 8.37. The summed E-state index contributed by atoms with van der Waals surface area (Å²) in [5.41, 5.74) is -0.754. The third-order valence-electron chi connectivity index (χ3n) is 4.50. The van der Waals surface area contributed by atoms with Crippen molar-refractivity contribution in [3.8, 4) is 0 Å². The van der Waals surface area contributed by atoms with Crippen molar-refractivity contribution in [3.63, 3.8) is 0 Å². The fraction of sp³-hybridized carbons (Fsp3) is 0.529. The van der Waals surface area contributed by atoms with Crippen molar-refractivity contribution in [2.24, 2.45) is 5.92 Å². The van der Waals surface area contributed by atoms with E-state index in [1.807, 2.05) is 17.7 Å². The van der Waals surface area contributed by atoms with Crippen LogP contribution in [0, 0.1) is 5.92 Å². The number of anilines is 1. The number of nitrogens with zero attached hydrogens (tertiary/aromatic N) is 3. The lowest BCUT2D eigenvalue weighted by Gasteiger charge is -2.31. The maximum absolute atomic E-state index is 12.7. The maximum Gasteiger partial charge on any atom is 0.417 e. The van der Waals surface area contributed by atoms with Gasteiger partial charge in [0.2, 0.25) is 0 Å². The van der Waals surface area contributed by atoms with Gasteiger partial charge in [-0.15, -0.1) is 0 Å². The van der Waals surface area contributed by atoms with Crippen molar-refractivity contribution in [3.05, 3.63) is 42.1 Å². The Bertz CT molecular complexity index is 678. The van der Waals surface area contributed by atoms with E-state index in [9.17, 15) is 13.2 Å². The number of hydrogen-bond acceptors (Lipinski definition) is 4. The Morgan fingerprint density at radius 1 is 1.28 bits per heavy atom. The van der Waals surface area contributed by atoms with Crippen LogP contribution in [0.1, 0.15) is 37.2 Å². The first kappa shape index (κ1) is 17.7. The minimum absolute atomic E-state index is 0.122. The molecule has 0 amide bonds. The summed E-state index contributed by atoms with van der Waals surface area (Å²) in [6.45, 7) is 4.16. The molecule has 0 aliphatic carbocycles. The fourth-order valence-corrected chi connectivity index (χ4v) is 3.12. The Morgan fingerprint density at radius 3 is 2.64 bits per heavy atom. The SMILES string of the molecule is CCn1ccnc1[C@@H](Nc1ccc(C(F)(F)F)cn1)C1CCOCC1. The molecule has 2 aromatic rings.